The van der Waals surface area contributed by atoms with Gasteiger partial charge in [-0.25, -0.2) is 4.98 Å². The highest BCUT2D eigenvalue weighted by Crippen LogP contribution is 2.20. The molecule has 0 aliphatic carbocycles. The van der Waals surface area contributed by atoms with Gasteiger partial charge >= 0.3 is 0 Å². The van der Waals surface area contributed by atoms with Crippen molar-refractivity contribution in [3.05, 3.63) is 18.2 Å². The Morgan fingerprint density at radius 1 is 1.50 bits per heavy atom. The van der Waals surface area contributed by atoms with Crippen LogP contribution in [0, 0.1) is 0 Å². The lowest BCUT2D eigenvalue weighted by molar-refractivity contribution is 0.340. The molecule has 2 rings (SSSR count). The van der Waals surface area contributed by atoms with Gasteiger partial charge in [-0.05, 0) is 19.1 Å². The van der Waals surface area contributed by atoms with E-state index < -0.39 is 0 Å². The summed E-state index contributed by atoms with van der Waals surface area (Å²) in [4.78, 5) is 7.45. The molecule has 1 aromatic carbocycles. The van der Waals surface area contributed by atoms with Crippen LogP contribution in [0.3, 0.4) is 0 Å². The summed E-state index contributed by atoms with van der Waals surface area (Å²) in [6, 6.07) is 5.82. The minimum Gasteiger partial charge on any atom is -0.494 e. The molecule has 0 fully saturated rings. The molecule has 0 spiro atoms. The van der Waals surface area contributed by atoms with E-state index in [1.165, 1.54) is 0 Å². The van der Waals surface area contributed by atoms with Crippen LogP contribution in [0.5, 0.6) is 5.75 Å². The monoisotopic (exact) mass is 191 g/mol. The van der Waals surface area contributed by atoms with Crippen molar-refractivity contribution in [2.75, 3.05) is 19.0 Å². The van der Waals surface area contributed by atoms with Crippen molar-refractivity contribution in [2.45, 2.75) is 6.92 Å². The maximum absolute atomic E-state index is 5.39. The summed E-state index contributed by atoms with van der Waals surface area (Å²) >= 11 is 0. The van der Waals surface area contributed by atoms with E-state index >= 15 is 0 Å². The van der Waals surface area contributed by atoms with Crippen LogP contribution in [-0.4, -0.2) is 23.6 Å². The van der Waals surface area contributed by atoms with E-state index in [0.29, 0.717) is 6.61 Å². The smallest absolute Gasteiger partial charge is 0.200 e. The molecule has 0 bridgehead atoms. The van der Waals surface area contributed by atoms with Gasteiger partial charge in [-0.15, -0.1) is 0 Å². The van der Waals surface area contributed by atoms with Crippen molar-refractivity contribution in [1.82, 2.24) is 9.97 Å². The molecule has 0 saturated carbocycles. The van der Waals surface area contributed by atoms with Crippen LogP contribution in [0.2, 0.25) is 0 Å². The number of rotatable bonds is 3. The Hall–Kier alpha value is -1.71. The quantitative estimate of drug-likeness (QED) is 0.780. The van der Waals surface area contributed by atoms with Gasteiger partial charge in [0.25, 0.3) is 0 Å². The summed E-state index contributed by atoms with van der Waals surface area (Å²) in [5.41, 5.74) is 1.93. The predicted molar refractivity (Wildman–Crippen MR) is 56.8 cm³/mol. The van der Waals surface area contributed by atoms with E-state index in [1.54, 1.807) is 0 Å². The number of H-pyrrole nitrogens is 1. The molecule has 2 N–H and O–H groups in total. The second-order valence-corrected chi connectivity index (χ2v) is 2.95. The van der Waals surface area contributed by atoms with Gasteiger partial charge < -0.3 is 15.0 Å². The van der Waals surface area contributed by atoms with Crippen molar-refractivity contribution in [2.24, 2.45) is 0 Å². The molecule has 4 nitrogen and oxygen atoms in total. The average molecular weight is 191 g/mol. The summed E-state index contributed by atoms with van der Waals surface area (Å²) in [6.45, 7) is 2.65. The number of aromatic amines is 1. The fraction of sp³-hybridized carbons (Fsp3) is 0.300. The van der Waals surface area contributed by atoms with Crippen molar-refractivity contribution >= 4 is 17.0 Å². The summed E-state index contributed by atoms with van der Waals surface area (Å²) in [5, 5.41) is 2.96. The third-order valence-corrected chi connectivity index (χ3v) is 2.00. The molecule has 74 valence electrons. The van der Waals surface area contributed by atoms with Crippen molar-refractivity contribution in [3.8, 4) is 5.75 Å². The lowest BCUT2D eigenvalue weighted by atomic mass is 10.3. The minimum atomic E-state index is 0.679. The molecule has 4 heteroatoms. The normalized spacial score (nSPS) is 10.4. The zero-order chi connectivity index (χ0) is 9.97. The Balaban J connectivity index is 2.43. The summed E-state index contributed by atoms with van der Waals surface area (Å²) < 4.78 is 5.39. The topological polar surface area (TPSA) is 49.9 Å². The molecule has 0 aliphatic rings. The molecular formula is C10H13N3O. The number of aromatic nitrogens is 2. The molecule has 0 aliphatic heterocycles. The summed E-state index contributed by atoms with van der Waals surface area (Å²) in [5.74, 6) is 1.64. The van der Waals surface area contributed by atoms with E-state index in [1.807, 2.05) is 32.2 Å². The first kappa shape index (κ1) is 8.87. The van der Waals surface area contributed by atoms with Crippen LogP contribution in [0.25, 0.3) is 11.0 Å². The SMILES string of the molecule is CCOc1ccc2nc(NC)[nH]c2c1. The lowest BCUT2D eigenvalue weighted by Crippen LogP contribution is -1.90. The molecule has 2 aromatic rings. The van der Waals surface area contributed by atoms with Gasteiger partial charge in [0.1, 0.15) is 5.75 Å². The van der Waals surface area contributed by atoms with Crippen molar-refractivity contribution < 1.29 is 4.74 Å². The van der Waals surface area contributed by atoms with Gasteiger partial charge in [0.05, 0.1) is 17.6 Å². The Morgan fingerprint density at radius 2 is 2.36 bits per heavy atom. The number of anilines is 1. The molecule has 0 atom stereocenters. The first-order valence-corrected chi connectivity index (χ1v) is 4.64. The maximum Gasteiger partial charge on any atom is 0.200 e. The lowest BCUT2D eigenvalue weighted by Gasteiger charge is -2.00. The van der Waals surface area contributed by atoms with Crippen LogP contribution in [0.1, 0.15) is 6.92 Å². The largest absolute Gasteiger partial charge is 0.494 e. The van der Waals surface area contributed by atoms with Crippen LogP contribution < -0.4 is 10.1 Å². The molecule has 1 heterocycles. The van der Waals surface area contributed by atoms with Crippen molar-refractivity contribution in [3.63, 3.8) is 0 Å². The Kier molecular flexibility index (Phi) is 2.26. The minimum absolute atomic E-state index is 0.679. The number of imidazole rings is 1. The number of ether oxygens (including phenoxy) is 1. The van der Waals surface area contributed by atoms with E-state index in [0.717, 1.165) is 22.7 Å². The molecular weight excluding hydrogens is 178 g/mol. The molecule has 1 aromatic heterocycles. The second kappa shape index (κ2) is 3.57. The van der Waals surface area contributed by atoms with Crippen molar-refractivity contribution in [1.29, 1.82) is 0 Å². The molecule has 0 radical (unpaired) electrons. The fourth-order valence-corrected chi connectivity index (χ4v) is 1.36. The number of hydrogen-bond acceptors (Lipinski definition) is 3. The predicted octanol–water partition coefficient (Wildman–Crippen LogP) is 2.00. The molecule has 14 heavy (non-hydrogen) atoms. The molecule has 0 amide bonds. The van der Waals surface area contributed by atoms with E-state index in [4.69, 9.17) is 4.74 Å². The van der Waals surface area contributed by atoms with Crippen LogP contribution in [0.15, 0.2) is 18.2 Å². The standard InChI is InChI=1S/C10H13N3O/c1-3-14-7-4-5-8-9(6-7)13-10(11-2)12-8/h4-6H,3H2,1-2H3,(H2,11,12,13). The zero-order valence-electron chi connectivity index (χ0n) is 8.29. The summed E-state index contributed by atoms with van der Waals surface area (Å²) in [7, 11) is 1.83. The highest BCUT2D eigenvalue weighted by atomic mass is 16.5. The first-order valence-electron chi connectivity index (χ1n) is 4.64. The number of hydrogen-bond donors (Lipinski definition) is 2. The first-order chi connectivity index (χ1) is 6.83. The van der Waals surface area contributed by atoms with E-state index in [9.17, 15) is 0 Å². The Labute approximate surface area is 82.3 Å². The average Bonchev–Trinajstić information content (AvgIpc) is 2.60. The van der Waals surface area contributed by atoms with Gasteiger partial charge in [-0.2, -0.15) is 0 Å². The molecule has 0 unspecified atom stereocenters. The number of nitrogens with zero attached hydrogens (tertiary/aromatic N) is 1. The highest BCUT2D eigenvalue weighted by Gasteiger charge is 2.01. The molecule has 0 saturated heterocycles. The van der Waals surface area contributed by atoms with Crippen LogP contribution >= 0.6 is 0 Å². The summed E-state index contributed by atoms with van der Waals surface area (Å²) in [6.07, 6.45) is 0. The highest BCUT2D eigenvalue weighted by molar-refractivity contribution is 5.78. The van der Waals surface area contributed by atoms with Gasteiger partial charge in [0.15, 0.2) is 0 Å². The van der Waals surface area contributed by atoms with Gasteiger partial charge in [0, 0.05) is 13.1 Å². The van der Waals surface area contributed by atoms with E-state index in [-0.39, 0.29) is 0 Å². The number of nitrogens with one attached hydrogen (secondary N) is 2. The van der Waals surface area contributed by atoms with Gasteiger partial charge in [-0.3, -0.25) is 0 Å². The number of benzene rings is 1. The second-order valence-electron chi connectivity index (χ2n) is 2.95. The zero-order valence-corrected chi connectivity index (χ0v) is 8.29. The Bertz CT molecular complexity index is 436. The van der Waals surface area contributed by atoms with Crippen LogP contribution in [-0.2, 0) is 0 Å². The van der Waals surface area contributed by atoms with Crippen LogP contribution in [0.4, 0.5) is 5.95 Å². The third kappa shape index (κ3) is 1.51. The Morgan fingerprint density at radius 3 is 3.07 bits per heavy atom. The van der Waals surface area contributed by atoms with E-state index in [2.05, 4.69) is 15.3 Å². The fourth-order valence-electron chi connectivity index (χ4n) is 1.36. The third-order valence-electron chi connectivity index (χ3n) is 2.00. The van der Waals surface area contributed by atoms with Gasteiger partial charge in [-0.1, -0.05) is 0 Å². The number of fused-ring (bicyclic) bond motifs is 1. The van der Waals surface area contributed by atoms with Gasteiger partial charge in [0.2, 0.25) is 5.95 Å². The maximum atomic E-state index is 5.39.